The van der Waals surface area contributed by atoms with E-state index in [4.69, 9.17) is 9.15 Å². The molecule has 1 heterocycles. The second-order valence-electron chi connectivity index (χ2n) is 5.34. The predicted molar refractivity (Wildman–Crippen MR) is 96.8 cm³/mol. The molecule has 2 aromatic carbocycles. The predicted octanol–water partition coefficient (Wildman–Crippen LogP) is 4.25. The lowest BCUT2D eigenvalue weighted by molar-refractivity contribution is 0.0955. The van der Waals surface area contributed by atoms with Crippen molar-refractivity contribution in [3.8, 4) is 17.1 Å². The lowest BCUT2D eigenvalue weighted by atomic mass is 10.1. The number of hydrazone groups is 1. The molecule has 0 atom stereocenters. The molecule has 3 rings (SSSR count). The Bertz CT molecular complexity index is 917. The third-order valence-electron chi connectivity index (χ3n) is 3.55. The van der Waals surface area contributed by atoms with Crippen molar-refractivity contribution in [1.29, 1.82) is 0 Å². The van der Waals surface area contributed by atoms with Crippen LogP contribution in [0.5, 0.6) is 5.75 Å². The maximum Gasteiger partial charge on any atom is 0.271 e. The van der Waals surface area contributed by atoms with Crippen LogP contribution in [-0.2, 0) is 0 Å². The number of carbonyl (C=O) groups is 1. The van der Waals surface area contributed by atoms with E-state index in [-0.39, 0.29) is 11.7 Å². The highest BCUT2D eigenvalue weighted by Gasteiger charge is 2.08. The molecule has 6 heteroatoms. The Morgan fingerprint density at radius 2 is 1.92 bits per heavy atom. The van der Waals surface area contributed by atoms with Crippen molar-refractivity contribution in [2.45, 2.75) is 6.92 Å². The van der Waals surface area contributed by atoms with Crippen LogP contribution in [0.1, 0.15) is 23.0 Å². The molecule has 26 heavy (non-hydrogen) atoms. The summed E-state index contributed by atoms with van der Waals surface area (Å²) in [5.41, 5.74) is 3.24. The largest absolute Gasteiger partial charge is 0.494 e. The molecule has 0 unspecified atom stereocenters. The van der Waals surface area contributed by atoms with Gasteiger partial charge in [-0.15, -0.1) is 0 Å². The number of nitrogens with one attached hydrogen (secondary N) is 1. The normalized spacial score (nSPS) is 10.8. The van der Waals surface area contributed by atoms with Crippen LogP contribution in [0.2, 0.25) is 0 Å². The minimum atomic E-state index is -0.367. The van der Waals surface area contributed by atoms with Crippen LogP contribution in [0, 0.1) is 5.82 Å². The van der Waals surface area contributed by atoms with Gasteiger partial charge in [-0.25, -0.2) is 9.82 Å². The number of benzene rings is 2. The van der Waals surface area contributed by atoms with Crippen LogP contribution >= 0.6 is 0 Å². The maximum atomic E-state index is 13.7. The van der Waals surface area contributed by atoms with Crippen molar-refractivity contribution < 1.29 is 18.3 Å². The van der Waals surface area contributed by atoms with Gasteiger partial charge in [0, 0.05) is 5.56 Å². The number of carbonyl (C=O) groups excluding carboxylic acids is 1. The summed E-state index contributed by atoms with van der Waals surface area (Å²) in [5.74, 6) is 0.765. The second kappa shape index (κ2) is 8.11. The van der Waals surface area contributed by atoms with E-state index < -0.39 is 0 Å². The van der Waals surface area contributed by atoms with E-state index in [1.807, 2.05) is 6.92 Å². The molecule has 0 aliphatic carbocycles. The molecule has 1 aromatic heterocycles. The van der Waals surface area contributed by atoms with Gasteiger partial charge in [0.25, 0.3) is 5.91 Å². The zero-order valence-corrected chi connectivity index (χ0v) is 14.1. The summed E-state index contributed by atoms with van der Waals surface area (Å²) < 4.78 is 24.6. The minimum Gasteiger partial charge on any atom is -0.494 e. The molecule has 0 fully saturated rings. The molecule has 0 saturated heterocycles. The molecule has 0 aliphatic heterocycles. The fourth-order valence-electron chi connectivity index (χ4n) is 2.32. The quantitative estimate of drug-likeness (QED) is 0.533. The second-order valence-corrected chi connectivity index (χ2v) is 5.34. The highest BCUT2D eigenvalue weighted by molar-refractivity contribution is 5.94. The number of amides is 1. The molecule has 0 saturated carbocycles. The van der Waals surface area contributed by atoms with Gasteiger partial charge in [0.15, 0.2) is 0 Å². The van der Waals surface area contributed by atoms with Gasteiger partial charge in [-0.3, -0.25) is 4.79 Å². The van der Waals surface area contributed by atoms with Gasteiger partial charge < -0.3 is 9.15 Å². The maximum absolute atomic E-state index is 13.7. The molecule has 132 valence electrons. The van der Waals surface area contributed by atoms with E-state index in [1.165, 1.54) is 12.3 Å². The monoisotopic (exact) mass is 352 g/mol. The molecule has 0 spiro atoms. The molecule has 0 bridgehead atoms. The molecular weight excluding hydrogens is 335 g/mol. The summed E-state index contributed by atoms with van der Waals surface area (Å²) in [6, 6.07) is 16.4. The Labute approximate surface area is 150 Å². The Morgan fingerprint density at radius 3 is 2.65 bits per heavy atom. The third kappa shape index (κ3) is 4.16. The standard InChI is InChI=1S/C20H17FN2O3/c1-2-25-15-9-7-14(8-10-15)20(24)23-22-13-16-11-12-19(26-16)17-5-3-4-6-18(17)21/h3-13H,2H2,1H3,(H,23,24)/b22-13-. The van der Waals surface area contributed by atoms with Crippen molar-refractivity contribution >= 4 is 12.1 Å². The van der Waals surface area contributed by atoms with E-state index >= 15 is 0 Å². The van der Waals surface area contributed by atoms with Crippen molar-refractivity contribution in [2.75, 3.05) is 6.61 Å². The summed E-state index contributed by atoms with van der Waals surface area (Å²) >= 11 is 0. The van der Waals surface area contributed by atoms with Crippen LogP contribution in [0.25, 0.3) is 11.3 Å². The van der Waals surface area contributed by atoms with E-state index in [9.17, 15) is 9.18 Å². The number of hydrogen-bond acceptors (Lipinski definition) is 4. The van der Waals surface area contributed by atoms with E-state index in [1.54, 1.807) is 54.6 Å². The zero-order valence-electron chi connectivity index (χ0n) is 14.1. The van der Waals surface area contributed by atoms with Gasteiger partial charge in [-0.2, -0.15) is 5.10 Å². The Kier molecular flexibility index (Phi) is 5.43. The van der Waals surface area contributed by atoms with Crippen LogP contribution in [0.3, 0.4) is 0 Å². The van der Waals surface area contributed by atoms with Crippen LogP contribution in [-0.4, -0.2) is 18.7 Å². The van der Waals surface area contributed by atoms with Crippen molar-refractivity contribution in [3.05, 3.63) is 77.8 Å². The van der Waals surface area contributed by atoms with Gasteiger partial charge in [-0.1, -0.05) is 12.1 Å². The van der Waals surface area contributed by atoms with E-state index in [2.05, 4.69) is 10.5 Å². The zero-order chi connectivity index (χ0) is 18.4. The summed E-state index contributed by atoms with van der Waals surface area (Å²) in [6.07, 6.45) is 1.36. The lowest BCUT2D eigenvalue weighted by Crippen LogP contribution is -2.17. The highest BCUT2D eigenvalue weighted by Crippen LogP contribution is 2.24. The summed E-state index contributed by atoms with van der Waals surface area (Å²) in [4.78, 5) is 12.0. The third-order valence-corrected chi connectivity index (χ3v) is 3.55. The number of rotatable bonds is 6. The average Bonchev–Trinajstić information content (AvgIpc) is 3.11. The van der Waals surface area contributed by atoms with Gasteiger partial charge >= 0.3 is 0 Å². The van der Waals surface area contributed by atoms with Crippen molar-refractivity contribution in [3.63, 3.8) is 0 Å². The molecular formula is C20H17FN2O3. The SMILES string of the molecule is CCOc1ccc(C(=O)N/N=C\c2ccc(-c3ccccc3F)o2)cc1. The van der Waals surface area contributed by atoms with Crippen LogP contribution < -0.4 is 10.2 Å². The Balaban J connectivity index is 1.62. The number of hydrogen-bond donors (Lipinski definition) is 1. The summed E-state index contributed by atoms with van der Waals surface area (Å²) in [6.45, 7) is 2.45. The first-order valence-corrected chi connectivity index (χ1v) is 8.08. The smallest absolute Gasteiger partial charge is 0.271 e. The first kappa shape index (κ1) is 17.4. The number of halogens is 1. The number of ether oxygens (including phenoxy) is 1. The van der Waals surface area contributed by atoms with E-state index in [0.717, 1.165) is 0 Å². The highest BCUT2D eigenvalue weighted by atomic mass is 19.1. The molecule has 1 N–H and O–H groups in total. The van der Waals surface area contributed by atoms with Gasteiger partial charge in [-0.05, 0) is 55.5 Å². The van der Waals surface area contributed by atoms with E-state index in [0.29, 0.717) is 35.0 Å². The summed E-state index contributed by atoms with van der Waals surface area (Å²) in [5, 5.41) is 3.86. The Morgan fingerprint density at radius 1 is 1.15 bits per heavy atom. The average molecular weight is 352 g/mol. The van der Waals surface area contributed by atoms with Crippen molar-refractivity contribution in [1.82, 2.24) is 5.43 Å². The van der Waals surface area contributed by atoms with Gasteiger partial charge in [0.1, 0.15) is 23.1 Å². The van der Waals surface area contributed by atoms with Crippen LogP contribution in [0.15, 0.2) is 70.2 Å². The van der Waals surface area contributed by atoms with Crippen LogP contribution in [0.4, 0.5) is 4.39 Å². The molecule has 0 aliphatic rings. The first-order chi connectivity index (χ1) is 12.7. The fourth-order valence-corrected chi connectivity index (χ4v) is 2.32. The molecule has 5 nitrogen and oxygen atoms in total. The summed E-state index contributed by atoms with van der Waals surface area (Å²) in [7, 11) is 0. The topological polar surface area (TPSA) is 63.8 Å². The Hall–Kier alpha value is -3.41. The molecule has 1 amide bonds. The molecule has 0 radical (unpaired) electrons. The lowest BCUT2D eigenvalue weighted by Gasteiger charge is -2.03. The minimum absolute atomic E-state index is 0.356. The van der Waals surface area contributed by atoms with Gasteiger partial charge in [0.2, 0.25) is 0 Å². The molecule has 3 aromatic rings. The van der Waals surface area contributed by atoms with Crippen molar-refractivity contribution in [2.24, 2.45) is 5.10 Å². The first-order valence-electron chi connectivity index (χ1n) is 8.08. The number of nitrogens with zero attached hydrogens (tertiary/aromatic N) is 1. The fraction of sp³-hybridized carbons (Fsp3) is 0.100. The number of furan rings is 1. The van der Waals surface area contributed by atoms with Gasteiger partial charge in [0.05, 0.1) is 18.4 Å².